The second kappa shape index (κ2) is 6.74. The maximum absolute atomic E-state index is 11.5. The number of imide groups is 1. The largest absolute Gasteiger partial charge is 0.483 e. The third-order valence-electron chi connectivity index (χ3n) is 2.84. The molecule has 0 atom stereocenters. The zero-order valence-corrected chi connectivity index (χ0v) is 11.3. The highest BCUT2D eigenvalue weighted by Gasteiger charge is 2.23. The Morgan fingerprint density at radius 2 is 1.95 bits per heavy atom. The Kier molecular flexibility index (Phi) is 4.76. The summed E-state index contributed by atoms with van der Waals surface area (Å²) in [4.78, 5) is 33.6. The summed E-state index contributed by atoms with van der Waals surface area (Å²) in [5.74, 6) is -1.25. The first-order valence-electron chi connectivity index (χ1n) is 6.57. The van der Waals surface area contributed by atoms with Crippen LogP contribution in [0.2, 0.25) is 0 Å². The minimum Gasteiger partial charge on any atom is -0.483 e. The molecule has 7 heteroatoms. The molecular formula is C14H16N2O5. The van der Waals surface area contributed by atoms with Gasteiger partial charge in [-0.1, -0.05) is 18.2 Å². The molecule has 2 rings (SSSR count). The molecule has 0 aromatic heterocycles. The molecular weight excluding hydrogens is 276 g/mol. The smallest absolute Gasteiger partial charge is 0.321 e. The monoisotopic (exact) mass is 292 g/mol. The van der Waals surface area contributed by atoms with E-state index in [1.807, 2.05) is 0 Å². The van der Waals surface area contributed by atoms with Crippen molar-refractivity contribution in [1.82, 2.24) is 10.6 Å². The Morgan fingerprint density at radius 1 is 1.24 bits per heavy atom. The molecule has 0 unspecified atom stereocenters. The Hall–Kier alpha value is -2.57. The molecule has 1 saturated carbocycles. The van der Waals surface area contributed by atoms with Gasteiger partial charge in [0.15, 0.2) is 6.61 Å². The van der Waals surface area contributed by atoms with Gasteiger partial charge in [0.25, 0.3) is 5.91 Å². The lowest BCUT2D eigenvalue weighted by molar-refractivity contribution is -0.136. The normalized spacial score (nSPS) is 13.3. The van der Waals surface area contributed by atoms with E-state index in [4.69, 9.17) is 9.84 Å². The average molecular weight is 292 g/mol. The van der Waals surface area contributed by atoms with Crippen molar-refractivity contribution in [2.45, 2.75) is 25.3 Å². The third-order valence-corrected chi connectivity index (χ3v) is 2.84. The summed E-state index contributed by atoms with van der Waals surface area (Å²) >= 11 is 0. The molecule has 1 aliphatic rings. The Bertz CT molecular complexity index is 554. The highest BCUT2D eigenvalue weighted by molar-refractivity contribution is 5.95. The zero-order valence-electron chi connectivity index (χ0n) is 11.3. The van der Waals surface area contributed by atoms with Crippen LogP contribution in [0.4, 0.5) is 4.79 Å². The molecule has 0 aliphatic heterocycles. The van der Waals surface area contributed by atoms with E-state index in [1.54, 1.807) is 24.3 Å². The van der Waals surface area contributed by atoms with E-state index < -0.39 is 17.9 Å². The molecule has 21 heavy (non-hydrogen) atoms. The number of carbonyl (C=O) groups is 3. The number of rotatable bonds is 6. The molecule has 1 fully saturated rings. The molecule has 0 heterocycles. The van der Waals surface area contributed by atoms with Crippen LogP contribution in [0, 0.1) is 0 Å². The van der Waals surface area contributed by atoms with Gasteiger partial charge in [-0.25, -0.2) is 4.79 Å². The van der Waals surface area contributed by atoms with Crippen LogP contribution in [0.3, 0.4) is 0 Å². The predicted octanol–water partition coefficient (Wildman–Crippen LogP) is 0.681. The molecule has 0 bridgehead atoms. The number of aliphatic carboxylic acids is 1. The van der Waals surface area contributed by atoms with Gasteiger partial charge < -0.3 is 15.2 Å². The van der Waals surface area contributed by atoms with Gasteiger partial charge in [-0.05, 0) is 18.9 Å². The molecule has 1 aromatic carbocycles. The summed E-state index contributed by atoms with van der Waals surface area (Å²) in [7, 11) is 0. The number of para-hydroxylation sites is 1. The lowest BCUT2D eigenvalue weighted by Gasteiger charge is -2.10. The SMILES string of the molecule is O=C(O)Cc1ccccc1OCC(=O)NC(=O)NC1CC1. The zero-order chi connectivity index (χ0) is 15.2. The van der Waals surface area contributed by atoms with Gasteiger partial charge in [0.2, 0.25) is 0 Å². The quantitative estimate of drug-likeness (QED) is 0.715. The summed E-state index contributed by atoms with van der Waals surface area (Å²) in [5.41, 5.74) is 0.472. The molecule has 0 radical (unpaired) electrons. The van der Waals surface area contributed by atoms with E-state index in [0.29, 0.717) is 11.3 Å². The van der Waals surface area contributed by atoms with Crippen LogP contribution in [0.15, 0.2) is 24.3 Å². The number of benzene rings is 1. The number of carboxylic acid groups (broad SMARTS) is 1. The van der Waals surface area contributed by atoms with Crippen LogP contribution in [-0.2, 0) is 16.0 Å². The molecule has 112 valence electrons. The van der Waals surface area contributed by atoms with Crippen LogP contribution in [0.1, 0.15) is 18.4 Å². The van der Waals surface area contributed by atoms with Crippen LogP contribution in [0.5, 0.6) is 5.75 Å². The fourth-order valence-corrected chi connectivity index (χ4v) is 1.71. The summed E-state index contributed by atoms with van der Waals surface area (Å²) in [6.07, 6.45) is 1.67. The number of hydrogen-bond acceptors (Lipinski definition) is 4. The summed E-state index contributed by atoms with van der Waals surface area (Å²) in [5, 5.41) is 13.6. The lowest BCUT2D eigenvalue weighted by Crippen LogP contribution is -2.42. The van der Waals surface area contributed by atoms with Gasteiger partial charge >= 0.3 is 12.0 Å². The summed E-state index contributed by atoms with van der Waals surface area (Å²) < 4.78 is 5.27. The van der Waals surface area contributed by atoms with Crippen molar-refractivity contribution in [2.24, 2.45) is 0 Å². The molecule has 7 nitrogen and oxygen atoms in total. The van der Waals surface area contributed by atoms with Crippen LogP contribution >= 0.6 is 0 Å². The van der Waals surface area contributed by atoms with E-state index in [0.717, 1.165) is 12.8 Å². The van der Waals surface area contributed by atoms with Crippen LogP contribution in [0.25, 0.3) is 0 Å². The number of ether oxygens (including phenoxy) is 1. The Balaban J connectivity index is 1.82. The number of amides is 3. The molecule has 3 N–H and O–H groups in total. The first kappa shape index (κ1) is 14.8. The topological polar surface area (TPSA) is 105 Å². The third kappa shape index (κ3) is 5.13. The number of hydrogen-bond donors (Lipinski definition) is 3. The Morgan fingerprint density at radius 3 is 2.62 bits per heavy atom. The molecule has 0 spiro atoms. The van der Waals surface area contributed by atoms with Crippen molar-refractivity contribution in [3.05, 3.63) is 29.8 Å². The van der Waals surface area contributed by atoms with E-state index in [2.05, 4.69) is 10.6 Å². The van der Waals surface area contributed by atoms with Crippen LogP contribution < -0.4 is 15.4 Å². The van der Waals surface area contributed by atoms with Gasteiger partial charge in [-0.3, -0.25) is 14.9 Å². The Labute approximate surface area is 121 Å². The highest BCUT2D eigenvalue weighted by atomic mass is 16.5. The molecule has 1 aliphatic carbocycles. The van der Waals surface area contributed by atoms with Crippen molar-refractivity contribution in [1.29, 1.82) is 0 Å². The van der Waals surface area contributed by atoms with Crippen molar-refractivity contribution >= 4 is 17.9 Å². The second-order valence-corrected chi connectivity index (χ2v) is 4.76. The van der Waals surface area contributed by atoms with Gasteiger partial charge in [0.1, 0.15) is 5.75 Å². The molecule has 3 amide bonds. The van der Waals surface area contributed by atoms with E-state index in [9.17, 15) is 14.4 Å². The molecule has 1 aromatic rings. The molecule has 0 saturated heterocycles. The van der Waals surface area contributed by atoms with Gasteiger partial charge in [0, 0.05) is 11.6 Å². The maximum Gasteiger partial charge on any atom is 0.321 e. The summed E-state index contributed by atoms with van der Waals surface area (Å²) in [6, 6.07) is 6.18. The van der Waals surface area contributed by atoms with Crippen LogP contribution in [-0.4, -0.2) is 35.7 Å². The fraction of sp³-hybridized carbons (Fsp3) is 0.357. The number of carbonyl (C=O) groups excluding carboxylic acids is 2. The minimum absolute atomic E-state index is 0.162. The average Bonchev–Trinajstić information content (AvgIpc) is 3.20. The fourth-order valence-electron chi connectivity index (χ4n) is 1.71. The van der Waals surface area contributed by atoms with E-state index in [1.165, 1.54) is 0 Å². The van der Waals surface area contributed by atoms with Crippen molar-refractivity contribution in [3.63, 3.8) is 0 Å². The minimum atomic E-state index is -0.987. The van der Waals surface area contributed by atoms with E-state index >= 15 is 0 Å². The second-order valence-electron chi connectivity index (χ2n) is 4.76. The number of carboxylic acids is 1. The first-order valence-corrected chi connectivity index (χ1v) is 6.57. The summed E-state index contributed by atoms with van der Waals surface area (Å²) in [6.45, 7) is -0.352. The first-order chi connectivity index (χ1) is 10.0. The lowest BCUT2D eigenvalue weighted by atomic mass is 10.1. The van der Waals surface area contributed by atoms with Gasteiger partial charge in [-0.2, -0.15) is 0 Å². The van der Waals surface area contributed by atoms with E-state index in [-0.39, 0.29) is 19.1 Å². The highest BCUT2D eigenvalue weighted by Crippen LogP contribution is 2.19. The predicted molar refractivity (Wildman–Crippen MR) is 73.0 cm³/mol. The van der Waals surface area contributed by atoms with Crippen molar-refractivity contribution < 1.29 is 24.2 Å². The van der Waals surface area contributed by atoms with Crippen molar-refractivity contribution in [2.75, 3.05) is 6.61 Å². The number of urea groups is 1. The maximum atomic E-state index is 11.5. The van der Waals surface area contributed by atoms with Gasteiger partial charge in [0.05, 0.1) is 6.42 Å². The van der Waals surface area contributed by atoms with Gasteiger partial charge in [-0.15, -0.1) is 0 Å². The van der Waals surface area contributed by atoms with Crippen molar-refractivity contribution in [3.8, 4) is 5.75 Å². The standard InChI is InChI=1S/C14H16N2O5/c17-12(16-14(20)15-10-5-6-10)8-21-11-4-2-1-3-9(11)7-13(18)19/h1-4,10H,5-8H2,(H,18,19)(H2,15,16,17,20). The number of nitrogens with one attached hydrogen (secondary N) is 2.